The number of aryl methyl sites for hydroxylation is 2. The molecule has 1 N–H and O–H groups in total. The Hall–Kier alpha value is -1.40. The van der Waals surface area contributed by atoms with Gasteiger partial charge in [-0.1, -0.05) is 6.42 Å². The normalized spacial score (nSPS) is 23.2. The van der Waals surface area contributed by atoms with Gasteiger partial charge in [-0.3, -0.25) is 9.89 Å². The highest BCUT2D eigenvalue weighted by Gasteiger charge is 2.31. The topological polar surface area (TPSA) is 61.5 Å². The summed E-state index contributed by atoms with van der Waals surface area (Å²) in [5, 5.41) is 7.20. The van der Waals surface area contributed by atoms with Gasteiger partial charge in [-0.05, 0) is 53.1 Å². The van der Waals surface area contributed by atoms with E-state index in [9.17, 15) is 4.79 Å². The zero-order chi connectivity index (χ0) is 17.8. The lowest BCUT2D eigenvalue weighted by molar-refractivity contribution is -0.132. The van der Waals surface area contributed by atoms with Crippen molar-refractivity contribution in [2.45, 2.75) is 58.5 Å². The maximum absolute atomic E-state index is 12.8. The van der Waals surface area contributed by atoms with Gasteiger partial charge >= 0.3 is 0 Å². The largest absolute Gasteiger partial charge is 0.375 e. The molecule has 6 heteroatoms. The molecule has 0 aromatic carbocycles. The second-order valence-electron chi connectivity index (χ2n) is 7.54. The van der Waals surface area contributed by atoms with Crippen molar-refractivity contribution in [1.29, 1.82) is 0 Å². The van der Waals surface area contributed by atoms with Crippen molar-refractivity contribution in [3.05, 3.63) is 17.0 Å². The first kappa shape index (κ1) is 18.4. The standard InChI is InChI=1S/C19H32N4O2/c1-14(18-15(2)20-21-16(18)3)19(24)23-10-7-17(13-23)25-12-11-22-8-5-4-6-9-22/h14,17H,4-13H2,1-3H3,(H,20,21)/t14-,17+/m0/s1. The Morgan fingerprint density at radius 3 is 2.72 bits per heavy atom. The van der Waals surface area contributed by atoms with E-state index in [-0.39, 0.29) is 17.9 Å². The number of likely N-dealkylation sites (tertiary alicyclic amines) is 2. The molecule has 1 aromatic rings. The average Bonchev–Trinajstić information content (AvgIpc) is 3.21. The summed E-state index contributed by atoms with van der Waals surface area (Å²) in [5.74, 6) is 0.0422. The van der Waals surface area contributed by atoms with Gasteiger partial charge < -0.3 is 14.5 Å². The smallest absolute Gasteiger partial charge is 0.230 e. The van der Waals surface area contributed by atoms with Crippen molar-refractivity contribution in [2.24, 2.45) is 0 Å². The van der Waals surface area contributed by atoms with Crippen molar-refractivity contribution in [3.63, 3.8) is 0 Å². The van der Waals surface area contributed by atoms with Gasteiger partial charge in [-0.15, -0.1) is 0 Å². The first-order valence-corrected chi connectivity index (χ1v) is 9.70. The highest BCUT2D eigenvalue weighted by atomic mass is 16.5. The lowest BCUT2D eigenvalue weighted by Gasteiger charge is -2.26. The van der Waals surface area contributed by atoms with Crippen LogP contribution in [0.1, 0.15) is 55.5 Å². The number of carbonyl (C=O) groups excluding carboxylic acids is 1. The predicted octanol–water partition coefficient (Wildman–Crippen LogP) is 2.23. The summed E-state index contributed by atoms with van der Waals surface area (Å²) in [7, 11) is 0. The summed E-state index contributed by atoms with van der Waals surface area (Å²) in [6.07, 6.45) is 5.13. The molecule has 0 aliphatic carbocycles. The molecule has 0 bridgehead atoms. The lowest BCUT2D eigenvalue weighted by Crippen LogP contribution is -2.35. The van der Waals surface area contributed by atoms with Crippen LogP contribution in [0.15, 0.2) is 0 Å². The molecule has 25 heavy (non-hydrogen) atoms. The summed E-state index contributed by atoms with van der Waals surface area (Å²) in [4.78, 5) is 17.3. The lowest BCUT2D eigenvalue weighted by atomic mass is 9.98. The van der Waals surface area contributed by atoms with Crippen molar-refractivity contribution < 1.29 is 9.53 Å². The number of rotatable bonds is 6. The molecule has 3 rings (SSSR count). The average molecular weight is 348 g/mol. The summed E-state index contributed by atoms with van der Waals surface area (Å²) in [6, 6.07) is 0. The SMILES string of the molecule is Cc1n[nH]c(C)c1[C@H](C)C(=O)N1CC[C@@H](OCCN2CCCCC2)C1. The summed E-state index contributed by atoms with van der Waals surface area (Å²) >= 11 is 0. The first-order chi connectivity index (χ1) is 12.1. The Morgan fingerprint density at radius 2 is 2.04 bits per heavy atom. The van der Waals surface area contributed by atoms with Crippen LogP contribution in [0, 0.1) is 13.8 Å². The number of nitrogens with one attached hydrogen (secondary N) is 1. The van der Waals surface area contributed by atoms with Crippen LogP contribution in [-0.2, 0) is 9.53 Å². The fraction of sp³-hybridized carbons (Fsp3) is 0.789. The Kier molecular flexibility index (Phi) is 6.12. The Morgan fingerprint density at radius 1 is 1.28 bits per heavy atom. The summed E-state index contributed by atoms with van der Waals surface area (Å²) in [6.45, 7) is 11.7. The maximum atomic E-state index is 12.8. The molecule has 2 saturated heterocycles. The van der Waals surface area contributed by atoms with Crippen LogP contribution < -0.4 is 0 Å². The number of hydrogen-bond donors (Lipinski definition) is 1. The fourth-order valence-corrected chi connectivity index (χ4v) is 4.19. The number of ether oxygens (including phenoxy) is 1. The molecule has 0 spiro atoms. The van der Waals surface area contributed by atoms with E-state index in [0.717, 1.165) is 49.6 Å². The zero-order valence-electron chi connectivity index (χ0n) is 15.9. The van der Waals surface area contributed by atoms with Crippen LogP contribution in [0.3, 0.4) is 0 Å². The third-order valence-corrected chi connectivity index (χ3v) is 5.65. The Balaban J connectivity index is 1.44. The first-order valence-electron chi connectivity index (χ1n) is 9.70. The van der Waals surface area contributed by atoms with Gasteiger partial charge in [0.05, 0.1) is 24.3 Å². The van der Waals surface area contributed by atoms with Gasteiger partial charge in [0.15, 0.2) is 0 Å². The van der Waals surface area contributed by atoms with Gasteiger partial charge in [-0.2, -0.15) is 5.10 Å². The molecule has 0 radical (unpaired) electrons. The quantitative estimate of drug-likeness (QED) is 0.856. The number of piperidine rings is 1. The van der Waals surface area contributed by atoms with E-state index in [2.05, 4.69) is 15.1 Å². The molecule has 6 nitrogen and oxygen atoms in total. The molecule has 1 amide bonds. The third kappa shape index (κ3) is 4.42. The number of H-pyrrole nitrogens is 1. The van der Waals surface area contributed by atoms with Crippen molar-refractivity contribution >= 4 is 5.91 Å². The van der Waals surface area contributed by atoms with Gasteiger partial charge in [0.1, 0.15) is 0 Å². The summed E-state index contributed by atoms with van der Waals surface area (Å²) in [5.41, 5.74) is 2.96. The number of nitrogens with zero attached hydrogens (tertiary/aromatic N) is 3. The second-order valence-corrected chi connectivity index (χ2v) is 7.54. The van der Waals surface area contributed by atoms with E-state index in [4.69, 9.17) is 4.74 Å². The van der Waals surface area contributed by atoms with Gasteiger partial charge in [0, 0.05) is 30.9 Å². The van der Waals surface area contributed by atoms with Crippen molar-refractivity contribution in [3.8, 4) is 0 Å². The Bertz CT molecular complexity index is 560. The van der Waals surface area contributed by atoms with Crippen molar-refractivity contribution in [1.82, 2.24) is 20.0 Å². The molecule has 0 unspecified atom stereocenters. The summed E-state index contributed by atoms with van der Waals surface area (Å²) < 4.78 is 6.05. The maximum Gasteiger partial charge on any atom is 0.230 e. The van der Waals surface area contributed by atoms with Gasteiger partial charge in [0.2, 0.25) is 5.91 Å². The zero-order valence-corrected chi connectivity index (χ0v) is 15.9. The number of hydrogen-bond acceptors (Lipinski definition) is 4. The number of aromatic amines is 1. The number of carbonyl (C=O) groups is 1. The van der Waals surface area contributed by atoms with E-state index in [1.54, 1.807) is 0 Å². The molecule has 2 fully saturated rings. The molecule has 2 aliphatic rings. The van der Waals surface area contributed by atoms with Crippen molar-refractivity contribution in [2.75, 3.05) is 39.3 Å². The van der Waals surface area contributed by atoms with Crippen LogP contribution in [0.25, 0.3) is 0 Å². The molecular weight excluding hydrogens is 316 g/mol. The molecule has 2 atom stereocenters. The van der Waals surface area contributed by atoms with Gasteiger partial charge in [-0.25, -0.2) is 0 Å². The van der Waals surface area contributed by atoms with E-state index in [1.807, 2.05) is 25.7 Å². The number of aromatic nitrogens is 2. The highest BCUT2D eigenvalue weighted by molar-refractivity contribution is 5.84. The predicted molar refractivity (Wildman–Crippen MR) is 97.7 cm³/mol. The van der Waals surface area contributed by atoms with Gasteiger partial charge in [0.25, 0.3) is 0 Å². The minimum Gasteiger partial charge on any atom is -0.375 e. The number of amides is 1. The minimum atomic E-state index is -0.147. The van der Waals surface area contributed by atoms with Crippen LogP contribution >= 0.6 is 0 Å². The van der Waals surface area contributed by atoms with E-state index in [1.165, 1.54) is 32.4 Å². The van der Waals surface area contributed by atoms with E-state index < -0.39 is 0 Å². The van der Waals surface area contributed by atoms with Crippen LogP contribution in [0.2, 0.25) is 0 Å². The molecule has 2 aliphatic heterocycles. The third-order valence-electron chi connectivity index (χ3n) is 5.65. The van der Waals surface area contributed by atoms with Crippen LogP contribution in [0.5, 0.6) is 0 Å². The molecule has 0 saturated carbocycles. The van der Waals surface area contributed by atoms with E-state index >= 15 is 0 Å². The Labute approximate surface area is 150 Å². The van der Waals surface area contributed by atoms with Crippen LogP contribution in [0.4, 0.5) is 0 Å². The molecule has 1 aromatic heterocycles. The molecule has 140 valence electrons. The highest BCUT2D eigenvalue weighted by Crippen LogP contribution is 2.25. The monoisotopic (exact) mass is 348 g/mol. The minimum absolute atomic E-state index is 0.147. The van der Waals surface area contributed by atoms with E-state index in [0.29, 0.717) is 0 Å². The molecule has 3 heterocycles. The fourth-order valence-electron chi connectivity index (χ4n) is 4.19. The molecular formula is C19H32N4O2. The second kappa shape index (κ2) is 8.32. The van der Waals surface area contributed by atoms with Crippen LogP contribution in [-0.4, -0.2) is 71.3 Å².